The third-order valence-electron chi connectivity index (χ3n) is 10.8. The molecule has 0 unspecified atom stereocenters. The number of aryl methyl sites for hydroxylation is 3. The lowest BCUT2D eigenvalue weighted by atomic mass is 10.0. The molecule has 4 heterocycles. The maximum atomic E-state index is 14.6. The molecule has 5 atom stereocenters. The fraction of sp³-hybridized carbons (Fsp3) is 0.541. The number of sulfonamides is 1. The fourth-order valence-electron chi connectivity index (χ4n) is 7.28. The van der Waals surface area contributed by atoms with Crippen LogP contribution in [0, 0.1) is 18.7 Å². The van der Waals surface area contributed by atoms with Crippen molar-refractivity contribution in [2.45, 2.75) is 107 Å². The van der Waals surface area contributed by atoms with Gasteiger partial charge in [-0.25, -0.2) is 22.8 Å². The van der Waals surface area contributed by atoms with Crippen molar-refractivity contribution in [3.8, 4) is 5.88 Å². The zero-order chi connectivity index (χ0) is 38.4. The molecule has 1 saturated heterocycles. The van der Waals surface area contributed by atoms with Crippen molar-refractivity contribution in [2.24, 2.45) is 13.0 Å². The minimum absolute atomic E-state index is 0.0116. The Morgan fingerprint density at radius 2 is 1.89 bits per heavy atom. The first-order valence-corrected chi connectivity index (χ1v) is 20.1. The average molecular weight is 765 g/mol. The van der Waals surface area contributed by atoms with Gasteiger partial charge in [-0.05, 0) is 70.1 Å². The predicted octanol–water partition coefficient (Wildman–Crippen LogP) is 2.52. The van der Waals surface area contributed by atoms with E-state index in [1.807, 2.05) is 19.1 Å². The molecule has 2 aromatic heterocycles. The zero-order valence-electron chi connectivity index (χ0n) is 30.5. The van der Waals surface area contributed by atoms with Crippen LogP contribution in [0.4, 0.5) is 4.39 Å². The molecule has 7 rings (SSSR count). The van der Waals surface area contributed by atoms with Crippen LogP contribution < -0.4 is 20.1 Å². The van der Waals surface area contributed by atoms with Gasteiger partial charge in [-0.15, -0.1) is 0 Å². The summed E-state index contributed by atoms with van der Waals surface area (Å²) < 4.78 is 49.9. The van der Waals surface area contributed by atoms with Gasteiger partial charge in [0.05, 0.1) is 22.8 Å². The second kappa shape index (κ2) is 14.7. The number of hydrogen-bond acceptors (Lipinski definition) is 10. The summed E-state index contributed by atoms with van der Waals surface area (Å²) in [5.74, 6) is -3.33. The summed E-state index contributed by atoms with van der Waals surface area (Å²) in [4.78, 5) is 66.6. The first-order chi connectivity index (χ1) is 25.8. The second-order valence-electron chi connectivity index (χ2n) is 14.8. The number of halogens is 1. The third-order valence-corrected chi connectivity index (χ3v) is 12.6. The van der Waals surface area contributed by atoms with Crippen LogP contribution >= 0.6 is 0 Å². The number of carbonyl (C=O) groups excluding carboxylic acids is 4. The van der Waals surface area contributed by atoms with E-state index in [9.17, 15) is 32.0 Å². The lowest BCUT2D eigenvalue weighted by Crippen LogP contribution is -2.58. The van der Waals surface area contributed by atoms with Crippen LogP contribution in [0.5, 0.6) is 5.88 Å². The molecule has 2 aliphatic heterocycles. The molecule has 3 aromatic rings. The number of amides is 4. The highest BCUT2D eigenvalue weighted by molar-refractivity contribution is 7.91. The molecule has 4 amide bonds. The summed E-state index contributed by atoms with van der Waals surface area (Å²) in [6, 6.07) is 3.51. The summed E-state index contributed by atoms with van der Waals surface area (Å²) in [6.45, 7) is 3.60. The lowest BCUT2D eigenvalue weighted by Gasteiger charge is -2.29. The Morgan fingerprint density at radius 3 is 2.61 bits per heavy atom. The van der Waals surface area contributed by atoms with Crippen molar-refractivity contribution in [1.82, 2.24) is 40.0 Å². The summed E-state index contributed by atoms with van der Waals surface area (Å²) >= 11 is 0. The SMILES string of the molecule is CCc1nc2ccc(F)cc2nc1O[C@@H]1C[C@H]2C(=O)N[C@]3(C(=O)NS(=O)(=O)C4CC4)C[C@H]3/C=C\CCCCC[C@H](NC(=O)c3cc(C)n(C)n3)C(=O)N2C1. The van der Waals surface area contributed by atoms with Gasteiger partial charge in [0.2, 0.25) is 27.7 Å². The normalized spacial score (nSPS) is 26.9. The number of benzene rings is 1. The highest BCUT2D eigenvalue weighted by atomic mass is 32.2. The van der Waals surface area contributed by atoms with Crippen molar-refractivity contribution < 1.29 is 36.7 Å². The summed E-state index contributed by atoms with van der Waals surface area (Å²) in [5.41, 5.74) is 0.634. The molecule has 54 heavy (non-hydrogen) atoms. The van der Waals surface area contributed by atoms with E-state index >= 15 is 0 Å². The first-order valence-electron chi connectivity index (χ1n) is 18.6. The van der Waals surface area contributed by atoms with Crippen LogP contribution in [0.2, 0.25) is 0 Å². The highest BCUT2D eigenvalue weighted by Crippen LogP contribution is 2.46. The van der Waals surface area contributed by atoms with Crippen LogP contribution in [0.15, 0.2) is 36.4 Å². The predicted molar refractivity (Wildman–Crippen MR) is 194 cm³/mol. The van der Waals surface area contributed by atoms with Gasteiger partial charge in [-0.2, -0.15) is 5.10 Å². The molecule has 2 aliphatic carbocycles. The van der Waals surface area contributed by atoms with Crippen molar-refractivity contribution >= 4 is 44.7 Å². The molecule has 1 aromatic carbocycles. The Kier molecular flexibility index (Phi) is 10.2. The van der Waals surface area contributed by atoms with E-state index < -0.39 is 74.4 Å². The van der Waals surface area contributed by atoms with Gasteiger partial charge in [0.25, 0.3) is 11.8 Å². The molecule has 17 heteroatoms. The quantitative estimate of drug-likeness (QED) is 0.287. The Labute approximate surface area is 312 Å². The maximum absolute atomic E-state index is 14.6. The van der Waals surface area contributed by atoms with Gasteiger partial charge >= 0.3 is 0 Å². The molecule has 3 fully saturated rings. The topological polar surface area (TPSA) is 195 Å². The fourth-order valence-corrected chi connectivity index (χ4v) is 8.65. The van der Waals surface area contributed by atoms with E-state index in [2.05, 4.69) is 30.4 Å². The summed E-state index contributed by atoms with van der Waals surface area (Å²) in [7, 11) is -2.20. The van der Waals surface area contributed by atoms with Gasteiger partial charge in [0, 0.05) is 31.1 Å². The Bertz CT molecular complexity index is 2120. The third kappa shape index (κ3) is 7.68. The van der Waals surface area contributed by atoms with Gasteiger partial charge in [0.1, 0.15) is 40.9 Å². The van der Waals surface area contributed by atoms with Crippen molar-refractivity contribution in [1.29, 1.82) is 0 Å². The standard InChI is InChI=1S/C37H45FN8O7S/c1-4-26-34(41-29-17-23(38)12-15-27(29)39-26)53-24-18-31-33(48)42-37(36(50)44-54(51,52)25-13-14-25)19-22(37)10-8-6-5-7-9-11-28(35(49)46(31)20-24)40-32(47)30-16-21(2)45(3)43-30/h8,10,12,15-17,22,24-25,28,31H,4-7,9,11,13-14,18-20H2,1-3H3,(H,40,47)(H,42,48)(H,44,50)/b10-8-/t22-,24-,28+,31+,37-/m1/s1. The minimum atomic E-state index is -3.91. The number of aromatic nitrogens is 4. The number of allylic oxidation sites excluding steroid dienone is 1. The number of rotatable bonds is 8. The average Bonchev–Trinajstić information content (AvgIpc) is 4.03. The van der Waals surface area contributed by atoms with E-state index in [0.717, 1.165) is 18.5 Å². The second-order valence-corrected chi connectivity index (χ2v) is 16.7. The molecule has 2 saturated carbocycles. The van der Waals surface area contributed by atoms with Crippen LogP contribution in [0.3, 0.4) is 0 Å². The molecule has 288 valence electrons. The van der Waals surface area contributed by atoms with Gasteiger partial charge in [0.15, 0.2) is 0 Å². The smallest absolute Gasteiger partial charge is 0.272 e. The largest absolute Gasteiger partial charge is 0.471 e. The number of nitrogens with one attached hydrogen (secondary N) is 3. The molecule has 4 aliphatic rings. The monoisotopic (exact) mass is 764 g/mol. The lowest BCUT2D eigenvalue weighted by molar-refractivity contribution is -0.141. The van der Waals surface area contributed by atoms with Crippen LogP contribution in [0.25, 0.3) is 11.0 Å². The first kappa shape index (κ1) is 37.4. The van der Waals surface area contributed by atoms with E-state index in [1.54, 1.807) is 24.7 Å². The maximum Gasteiger partial charge on any atom is 0.272 e. The molecular formula is C37H45FN8O7S. The molecule has 0 radical (unpaired) electrons. The highest BCUT2D eigenvalue weighted by Gasteiger charge is 2.62. The zero-order valence-corrected chi connectivity index (χ0v) is 31.3. The number of nitrogens with zero attached hydrogens (tertiary/aromatic N) is 5. The Morgan fingerprint density at radius 1 is 1.09 bits per heavy atom. The Balaban J connectivity index is 1.20. The Hall–Kier alpha value is -4.93. The number of ether oxygens (including phenoxy) is 1. The van der Waals surface area contributed by atoms with E-state index in [0.29, 0.717) is 49.7 Å². The van der Waals surface area contributed by atoms with E-state index in [1.165, 1.54) is 23.1 Å². The van der Waals surface area contributed by atoms with Gasteiger partial charge in [-0.1, -0.05) is 31.9 Å². The summed E-state index contributed by atoms with van der Waals surface area (Å²) in [5, 5.41) is 9.33. The molecule has 0 spiro atoms. The molecule has 0 bridgehead atoms. The van der Waals surface area contributed by atoms with E-state index in [-0.39, 0.29) is 36.5 Å². The summed E-state index contributed by atoms with van der Waals surface area (Å²) in [6.07, 6.45) is 7.63. The van der Waals surface area contributed by atoms with Crippen molar-refractivity contribution in [2.75, 3.05) is 6.54 Å². The number of hydrogen-bond donors (Lipinski definition) is 3. The van der Waals surface area contributed by atoms with Crippen LogP contribution in [0.1, 0.15) is 86.6 Å². The van der Waals surface area contributed by atoms with Crippen LogP contribution in [-0.4, -0.2) is 92.2 Å². The number of carbonyl (C=O) groups is 4. The van der Waals surface area contributed by atoms with Gasteiger partial charge < -0.3 is 20.3 Å². The molecule has 15 nitrogen and oxygen atoms in total. The van der Waals surface area contributed by atoms with Crippen molar-refractivity contribution in [3.05, 3.63) is 59.3 Å². The van der Waals surface area contributed by atoms with Crippen molar-refractivity contribution in [3.63, 3.8) is 0 Å². The molecule has 3 N–H and O–H groups in total. The van der Waals surface area contributed by atoms with Gasteiger partial charge in [-0.3, -0.25) is 28.6 Å². The minimum Gasteiger partial charge on any atom is -0.471 e. The number of fused-ring (bicyclic) bond motifs is 3. The molecular weight excluding hydrogens is 720 g/mol. The van der Waals surface area contributed by atoms with Crippen LogP contribution in [-0.2, 0) is 37.9 Å². The van der Waals surface area contributed by atoms with E-state index in [4.69, 9.17) is 4.74 Å².